The number of thioether (sulfide) groups is 2. The maximum absolute atomic E-state index is 5.46. The molecular weight excluding hydrogens is 332 g/mol. The van der Waals surface area contributed by atoms with Crippen molar-refractivity contribution in [3.8, 4) is 0 Å². The standard InChI is InChI=1S/C12H24N2O2S4/c1-19-11(17)13-5-3-7-15-9-10-16-8-4-6-14-12(18)20-2/h3-10H2,1-2H3,(H,13,17)(H,14,18). The van der Waals surface area contributed by atoms with Gasteiger partial charge >= 0.3 is 0 Å². The molecule has 0 amide bonds. The Bertz CT molecular complexity index is 242. The normalized spacial score (nSPS) is 10.3. The fraction of sp³-hybridized carbons (Fsp3) is 0.833. The van der Waals surface area contributed by atoms with E-state index >= 15 is 0 Å². The maximum Gasteiger partial charge on any atom is 0.133 e. The van der Waals surface area contributed by atoms with Crippen LogP contribution in [0.3, 0.4) is 0 Å². The Labute approximate surface area is 141 Å². The van der Waals surface area contributed by atoms with Crippen LogP contribution in [-0.4, -0.2) is 60.7 Å². The van der Waals surface area contributed by atoms with Crippen molar-refractivity contribution >= 4 is 56.6 Å². The molecular formula is C12H24N2O2S4. The Hall–Kier alpha value is 0.400. The molecule has 0 heterocycles. The van der Waals surface area contributed by atoms with E-state index in [2.05, 4.69) is 10.6 Å². The third kappa shape index (κ3) is 14.8. The van der Waals surface area contributed by atoms with Gasteiger partial charge in [0.15, 0.2) is 0 Å². The first kappa shape index (κ1) is 20.4. The zero-order valence-electron chi connectivity index (χ0n) is 12.1. The molecule has 0 saturated carbocycles. The third-order valence-corrected chi connectivity index (χ3v) is 4.53. The van der Waals surface area contributed by atoms with Crippen molar-refractivity contribution in [3.63, 3.8) is 0 Å². The average molecular weight is 357 g/mol. The van der Waals surface area contributed by atoms with E-state index in [1.807, 2.05) is 12.5 Å². The Morgan fingerprint density at radius 1 is 0.800 bits per heavy atom. The first-order chi connectivity index (χ1) is 9.70. The second-order valence-electron chi connectivity index (χ2n) is 3.77. The van der Waals surface area contributed by atoms with Crippen molar-refractivity contribution in [3.05, 3.63) is 0 Å². The summed E-state index contributed by atoms with van der Waals surface area (Å²) < 4.78 is 12.6. The molecule has 0 spiro atoms. The van der Waals surface area contributed by atoms with Gasteiger partial charge in [-0.1, -0.05) is 24.4 Å². The molecule has 0 aliphatic carbocycles. The lowest BCUT2D eigenvalue weighted by molar-refractivity contribution is 0.0467. The van der Waals surface area contributed by atoms with Crippen molar-refractivity contribution in [1.82, 2.24) is 10.6 Å². The van der Waals surface area contributed by atoms with Crippen LogP contribution < -0.4 is 10.6 Å². The molecule has 0 rings (SSSR count). The molecule has 20 heavy (non-hydrogen) atoms. The highest BCUT2D eigenvalue weighted by Gasteiger charge is 1.94. The fourth-order valence-electron chi connectivity index (χ4n) is 1.20. The number of hydrogen-bond acceptors (Lipinski definition) is 6. The van der Waals surface area contributed by atoms with Crippen LogP contribution in [-0.2, 0) is 9.47 Å². The highest BCUT2D eigenvalue weighted by Crippen LogP contribution is 1.94. The number of ether oxygens (including phenoxy) is 2. The van der Waals surface area contributed by atoms with E-state index in [0.717, 1.165) is 47.8 Å². The van der Waals surface area contributed by atoms with Gasteiger partial charge in [0.25, 0.3) is 0 Å². The van der Waals surface area contributed by atoms with Crippen LogP contribution in [0.4, 0.5) is 0 Å². The Kier molecular flexibility index (Phi) is 16.1. The summed E-state index contributed by atoms with van der Waals surface area (Å²) >= 11 is 13.2. The third-order valence-electron chi connectivity index (χ3n) is 2.21. The first-order valence-electron chi connectivity index (χ1n) is 6.49. The predicted molar refractivity (Wildman–Crippen MR) is 99.1 cm³/mol. The van der Waals surface area contributed by atoms with Crippen molar-refractivity contribution in [1.29, 1.82) is 0 Å². The quantitative estimate of drug-likeness (QED) is 0.432. The lowest BCUT2D eigenvalue weighted by Crippen LogP contribution is -2.21. The van der Waals surface area contributed by atoms with Crippen LogP contribution in [0.5, 0.6) is 0 Å². The lowest BCUT2D eigenvalue weighted by Gasteiger charge is -2.08. The van der Waals surface area contributed by atoms with Gasteiger partial charge in [0.2, 0.25) is 0 Å². The molecule has 0 aromatic rings. The summed E-state index contributed by atoms with van der Waals surface area (Å²) in [6.07, 6.45) is 5.84. The number of thiocarbonyl (C=S) groups is 2. The monoisotopic (exact) mass is 356 g/mol. The van der Waals surface area contributed by atoms with E-state index in [-0.39, 0.29) is 0 Å². The molecule has 0 radical (unpaired) electrons. The molecule has 0 unspecified atom stereocenters. The molecule has 0 saturated heterocycles. The van der Waals surface area contributed by atoms with Crippen LogP contribution in [0, 0.1) is 0 Å². The Morgan fingerprint density at radius 2 is 1.20 bits per heavy atom. The molecule has 0 aliphatic rings. The smallest absolute Gasteiger partial charge is 0.133 e. The highest BCUT2D eigenvalue weighted by molar-refractivity contribution is 8.22. The molecule has 2 N–H and O–H groups in total. The summed E-state index contributed by atoms with van der Waals surface area (Å²) in [7, 11) is 0. The highest BCUT2D eigenvalue weighted by atomic mass is 32.2. The fourth-order valence-corrected chi connectivity index (χ4v) is 1.89. The van der Waals surface area contributed by atoms with Crippen molar-refractivity contribution < 1.29 is 9.47 Å². The minimum absolute atomic E-state index is 0.642. The van der Waals surface area contributed by atoms with Gasteiger partial charge in [-0.15, -0.1) is 23.5 Å². The summed E-state index contributed by atoms with van der Waals surface area (Å²) in [5, 5.41) is 6.27. The first-order valence-corrected chi connectivity index (χ1v) is 9.76. The predicted octanol–water partition coefficient (Wildman–Crippen LogP) is 2.27. The van der Waals surface area contributed by atoms with Gasteiger partial charge in [-0.3, -0.25) is 0 Å². The molecule has 0 aromatic carbocycles. The van der Waals surface area contributed by atoms with Gasteiger partial charge in [0.1, 0.15) is 8.64 Å². The Balaban J connectivity index is 3.06. The van der Waals surface area contributed by atoms with Crippen molar-refractivity contribution in [2.45, 2.75) is 12.8 Å². The average Bonchev–Trinajstić information content (AvgIpc) is 2.47. The summed E-state index contributed by atoms with van der Waals surface area (Å²) in [5.74, 6) is 0. The lowest BCUT2D eigenvalue weighted by atomic mass is 10.4. The van der Waals surface area contributed by atoms with Gasteiger partial charge in [-0.2, -0.15) is 0 Å². The SMILES string of the molecule is CSC(=S)NCCCOCCOCCCNC(=S)SC. The van der Waals surface area contributed by atoms with E-state index in [1.165, 1.54) is 0 Å². The van der Waals surface area contributed by atoms with Crippen molar-refractivity contribution in [2.24, 2.45) is 0 Å². The van der Waals surface area contributed by atoms with Crippen LogP contribution in [0.1, 0.15) is 12.8 Å². The molecule has 0 fully saturated rings. The summed E-state index contributed by atoms with van der Waals surface area (Å²) in [4.78, 5) is 0. The summed E-state index contributed by atoms with van der Waals surface area (Å²) in [6.45, 7) is 4.48. The number of nitrogens with one attached hydrogen (secondary N) is 2. The number of rotatable bonds is 11. The summed E-state index contributed by atoms with van der Waals surface area (Å²) in [6, 6.07) is 0. The van der Waals surface area contributed by atoms with Crippen LogP contribution >= 0.6 is 48.0 Å². The van der Waals surface area contributed by atoms with Gasteiger partial charge < -0.3 is 20.1 Å². The molecule has 0 aliphatic heterocycles. The largest absolute Gasteiger partial charge is 0.379 e. The van der Waals surface area contributed by atoms with Gasteiger partial charge in [-0.05, 0) is 25.4 Å². The molecule has 8 heteroatoms. The van der Waals surface area contributed by atoms with E-state index in [1.54, 1.807) is 23.5 Å². The topological polar surface area (TPSA) is 42.5 Å². The van der Waals surface area contributed by atoms with E-state index < -0.39 is 0 Å². The molecule has 4 nitrogen and oxygen atoms in total. The molecule has 0 atom stereocenters. The zero-order chi connectivity index (χ0) is 15.1. The number of hydrogen-bond donors (Lipinski definition) is 2. The van der Waals surface area contributed by atoms with Crippen LogP contribution in [0.15, 0.2) is 0 Å². The minimum atomic E-state index is 0.642. The second kappa shape index (κ2) is 15.8. The van der Waals surface area contributed by atoms with Gasteiger partial charge in [-0.25, -0.2) is 0 Å². The van der Waals surface area contributed by atoms with Crippen LogP contribution in [0.2, 0.25) is 0 Å². The van der Waals surface area contributed by atoms with Gasteiger partial charge in [0.05, 0.1) is 13.2 Å². The second-order valence-corrected chi connectivity index (χ2v) is 6.73. The van der Waals surface area contributed by atoms with Crippen molar-refractivity contribution in [2.75, 3.05) is 52.0 Å². The van der Waals surface area contributed by atoms with E-state index in [9.17, 15) is 0 Å². The molecule has 0 bridgehead atoms. The maximum atomic E-state index is 5.46. The van der Waals surface area contributed by atoms with Crippen LogP contribution in [0.25, 0.3) is 0 Å². The Morgan fingerprint density at radius 3 is 1.55 bits per heavy atom. The van der Waals surface area contributed by atoms with E-state index in [4.69, 9.17) is 33.9 Å². The van der Waals surface area contributed by atoms with E-state index in [0.29, 0.717) is 13.2 Å². The zero-order valence-corrected chi connectivity index (χ0v) is 15.4. The summed E-state index contributed by atoms with van der Waals surface area (Å²) in [5.41, 5.74) is 0. The minimum Gasteiger partial charge on any atom is -0.379 e. The van der Waals surface area contributed by atoms with Gasteiger partial charge in [0, 0.05) is 26.3 Å². The molecule has 118 valence electrons. The molecule has 0 aromatic heterocycles.